The smallest absolute Gasteiger partial charge is 0.147 e. The topological polar surface area (TPSA) is 29.1 Å². The lowest BCUT2D eigenvalue weighted by molar-refractivity contribution is -0.119. The third kappa shape index (κ3) is 1.81. The summed E-state index contributed by atoms with van der Waals surface area (Å²) in [6, 6.07) is 5.81. The van der Waals surface area contributed by atoms with Gasteiger partial charge < -0.3 is 5.32 Å². The maximum absolute atomic E-state index is 11.2. The maximum Gasteiger partial charge on any atom is 0.147 e. The highest BCUT2D eigenvalue weighted by atomic mass is 35.5. The second kappa shape index (κ2) is 3.71. The van der Waals surface area contributed by atoms with E-state index in [1.54, 1.807) is 6.92 Å². The second-order valence-electron chi connectivity index (χ2n) is 3.66. The molecule has 0 amide bonds. The predicted molar refractivity (Wildman–Crippen MR) is 56.5 cm³/mol. The molecule has 0 spiro atoms. The number of rotatable bonds is 1. The molecule has 0 radical (unpaired) electrons. The van der Waals surface area contributed by atoms with Crippen molar-refractivity contribution in [2.45, 2.75) is 25.9 Å². The Hall–Kier alpha value is -0.860. The lowest BCUT2D eigenvalue weighted by Gasteiger charge is -2.24. The first kappa shape index (κ1) is 9.69. The van der Waals surface area contributed by atoms with Gasteiger partial charge in [0.25, 0.3) is 0 Å². The number of hydrogen-bond donors (Lipinski definition) is 1. The van der Waals surface area contributed by atoms with Gasteiger partial charge in [-0.25, -0.2) is 0 Å². The molecule has 74 valence electrons. The average Bonchev–Trinajstić information content (AvgIpc) is 2.16. The van der Waals surface area contributed by atoms with E-state index in [2.05, 4.69) is 5.32 Å². The van der Waals surface area contributed by atoms with E-state index in [9.17, 15) is 4.79 Å². The lowest BCUT2D eigenvalue weighted by atomic mass is 9.94. The molecule has 0 aromatic heterocycles. The summed E-state index contributed by atoms with van der Waals surface area (Å²) in [4.78, 5) is 11.2. The van der Waals surface area contributed by atoms with Crippen LogP contribution in [0.25, 0.3) is 0 Å². The van der Waals surface area contributed by atoms with Crippen molar-refractivity contribution < 1.29 is 4.79 Å². The monoisotopic (exact) mass is 209 g/mol. The first-order valence-corrected chi connectivity index (χ1v) is 5.06. The molecule has 0 bridgehead atoms. The van der Waals surface area contributed by atoms with E-state index in [1.165, 1.54) is 11.1 Å². The molecule has 0 aliphatic carbocycles. The fraction of sp³-hybridized carbons (Fsp3) is 0.364. The number of halogens is 1. The lowest BCUT2D eigenvalue weighted by Crippen LogP contribution is -2.40. The minimum Gasteiger partial charge on any atom is -0.303 e. The Balaban J connectivity index is 2.29. The first-order valence-electron chi connectivity index (χ1n) is 4.68. The van der Waals surface area contributed by atoms with Gasteiger partial charge in [0.2, 0.25) is 0 Å². The van der Waals surface area contributed by atoms with Crippen LogP contribution in [0.15, 0.2) is 18.2 Å². The molecule has 3 heteroatoms. The molecule has 1 unspecified atom stereocenters. The number of ketones is 1. The van der Waals surface area contributed by atoms with Gasteiger partial charge in [-0.1, -0.05) is 17.7 Å². The Morgan fingerprint density at radius 3 is 3.00 bits per heavy atom. The summed E-state index contributed by atoms with van der Waals surface area (Å²) in [5, 5.41) is 3.95. The van der Waals surface area contributed by atoms with Crippen molar-refractivity contribution >= 4 is 17.4 Å². The number of Topliss-reactive ketones (excluding diaryl/α,β-unsaturated/α-hetero) is 1. The molecule has 1 aromatic carbocycles. The van der Waals surface area contributed by atoms with Crippen molar-refractivity contribution in [2.75, 3.05) is 0 Å². The summed E-state index contributed by atoms with van der Waals surface area (Å²) < 4.78 is 0. The number of nitrogens with one attached hydrogen (secondary N) is 1. The highest BCUT2D eigenvalue weighted by molar-refractivity contribution is 6.30. The van der Waals surface area contributed by atoms with Crippen molar-refractivity contribution in [1.82, 2.24) is 5.32 Å². The van der Waals surface area contributed by atoms with Gasteiger partial charge in [-0.2, -0.15) is 0 Å². The van der Waals surface area contributed by atoms with Crippen molar-refractivity contribution in [3.63, 3.8) is 0 Å². The normalized spacial score (nSPS) is 20.3. The molecule has 2 rings (SSSR count). The van der Waals surface area contributed by atoms with Crippen LogP contribution in [0.1, 0.15) is 18.1 Å². The van der Waals surface area contributed by atoms with Crippen LogP contribution in [0.4, 0.5) is 0 Å². The number of fused-ring (bicyclic) bond motifs is 1. The highest BCUT2D eigenvalue weighted by Crippen LogP contribution is 2.21. The van der Waals surface area contributed by atoms with E-state index in [4.69, 9.17) is 11.6 Å². The van der Waals surface area contributed by atoms with E-state index in [1.807, 2.05) is 18.2 Å². The molecule has 1 atom stereocenters. The van der Waals surface area contributed by atoms with Crippen LogP contribution in [-0.2, 0) is 17.8 Å². The van der Waals surface area contributed by atoms with E-state index < -0.39 is 0 Å². The molecule has 1 aromatic rings. The third-order valence-electron chi connectivity index (χ3n) is 2.62. The molecule has 0 fully saturated rings. The van der Waals surface area contributed by atoms with Crippen molar-refractivity contribution in [3.8, 4) is 0 Å². The highest BCUT2D eigenvalue weighted by Gasteiger charge is 2.20. The average molecular weight is 210 g/mol. The molecule has 0 saturated carbocycles. The third-order valence-corrected chi connectivity index (χ3v) is 2.86. The van der Waals surface area contributed by atoms with E-state index in [0.29, 0.717) is 0 Å². The predicted octanol–water partition coefficient (Wildman–Crippen LogP) is 1.94. The molecule has 1 heterocycles. The molecule has 14 heavy (non-hydrogen) atoms. The van der Waals surface area contributed by atoms with Crippen LogP contribution in [0.3, 0.4) is 0 Å². The van der Waals surface area contributed by atoms with Gasteiger partial charge in [0, 0.05) is 11.6 Å². The van der Waals surface area contributed by atoms with Gasteiger partial charge in [0.05, 0.1) is 6.04 Å². The number of hydrogen-bond acceptors (Lipinski definition) is 2. The Morgan fingerprint density at radius 2 is 2.29 bits per heavy atom. The van der Waals surface area contributed by atoms with Crippen molar-refractivity contribution in [1.29, 1.82) is 0 Å². The Bertz CT molecular complexity index is 376. The van der Waals surface area contributed by atoms with Crippen LogP contribution >= 0.6 is 11.6 Å². The van der Waals surface area contributed by atoms with Crippen LogP contribution in [-0.4, -0.2) is 11.8 Å². The van der Waals surface area contributed by atoms with Crippen LogP contribution < -0.4 is 5.32 Å². The molecule has 1 aliphatic heterocycles. The zero-order valence-electron chi connectivity index (χ0n) is 8.01. The van der Waals surface area contributed by atoms with Gasteiger partial charge in [-0.05, 0) is 36.6 Å². The first-order chi connectivity index (χ1) is 6.66. The Labute approximate surface area is 88.3 Å². The fourth-order valence-corrected chi connectivity index (χ4v) is 1.96. The van der Waals surface area contributed by atoms with Gasteiger partial charge in [-0.15, -0.1) is 0 Å². The zero-order valence-corrected chi connectivity index (χ0v) is 8.77. The zero-order chi connectivity index (χ0) is 10.1. The maximum atomic E-state index is 11.2. The van der Waals surface area contributed by atoms with Gasteiger partial charge in [0.15, 0.2) is 0 Å². The summed E-state index contributed by atoms with van der Waals surface area (Å²) in [5.74, 6) is 0.190. The fourth-order valence-electron chi connectivity index (χ4n) is 1.77. The summed E-state index contributed by atoms with van der Waals surface area (Å²) >= 11 is 5.90. The van der Waals surface area contributed by atoms with Crippen LogP contribution in [0.2, 0.25) is 5.02 Å². The summed E-state index contributed by atoms with van der Waals surface area (Å²) in [5.41, 5.74) is 2.43. The standard InChI is InChI=1S/C11H12ClNO/c1-7(14)11-5-9-4-10(12)3-2-8(9)6-13-11/h2-4,11,13H,5-6H2,1H3. The summed E-state index contributed by atoms with van der Waals surface area (Å²) in [6.07, 6.45) is 0.755. The van der Waals surface area contributed by atoms with Gasteiger partial charge >= 0.3 is 0 Å². The Morgan fingerprint density at radius 1 is 1.50 bits per heavy atom. The van der Waals surface area contributed by atoms with Crippen molar-refractivity contribution in [3.05, 3.63) is 34.3 Å². The van der Waals surface area contributed by atoms with Crippen LogP contribution in [0.5, 0.6) is 0 Å². The number of carbonyl (C=O) groups is 1. The van der Waals surface area contributed by atoms with Gasteiger partial charge in [0.1, 0.15) is 5.78 Å². The second-order valence-corrected chi connectivity index (χ2v) is 4.10. The van der Waals surface area contributed by atoms with E-state index in [-0.39, 0.29) is 11.8 Å². The number of benzene rings is 1. The molecule has 1 aliphatic rings. The van der Waals surface area contributed by atoms with Crippen LogP contribution in [0, 0.1) is 0 Å². The molecular weight excluding hydrogens is 198 g/mol. The summed E-state index contributed by atoms with van der Waals surface area (Å²) in [6.45, 7) is 2.38. The number of carbonyl (C=O) groups excluding carboxylic acids is 1. The minimum absolute atomic E-state index is 0.0408. The molecule has 0 saturated heterocycles. The Kier molecular flexibility index (Phi) is 2.57. The molecule has 1 N–H and O–H groups in total. The quantitative estimate of drug-likeness (QED) is 0.766. The van der Waals surface area contributed by atoms with E-state index >= 15 is 0 Å². The molecule has 2 nitrogen and oxygen atoms in total. The minimum atomic E-state index is -0.0408. The van der Waals surface area contributed by atoms with E-state index in [0.717, 1.165) is 18.0 Å². The van der Waals surface area contributed by atoms with Crippen molar-refractivity contribution in [2.24, 2.45) is 0 Å². The SMILES string of the molecule is CC(=O)C1Cc2cc(Cl)ccc2CN1. The molecular formula is C11H12ClNO. The van der Waals surface area contributed by atoms with Gasteiger partial charge in [-0.3, -0.25) is 4.79 Å². The summed E-state index contributed by atoms with van der Waals surface area (Å²) in [7, 11) is 0. The largest absolute Gasteiger partial charge is 0.303 e.